The molecule has 1 aromatic heterocycles. The summed E-state index contributed by atoms with van der Waals surface area (Å²) in [5.41, 5.74) is 12.6. The van der Waals surface area contributed by atoms with Gasteiger partial charge in [0.05, 0.1) is 6.21 Å². The highest BCUT2D eigenvalue weighted by molar-refractivity contribution is 14.1. The van der Waals surface area contributed by atoms with Crippen LogP contribution in [0.25, 0.3) is 5.69 Å². The molecular weight excluding hydrogens is 379 g/mol. The number of benzene rings is 1. The van der Waals surface area contributed by atoms with Gasteiger partial charge in [-0.2, -0.15) is 5.10 Å². The molecule has 0 unspecified atom stereocenters. The summed E-state index contributed by atoms with van der Waals surface area (Å²) in [5, 5.41) is 3.82. The van der Waals surface area contributed by atoms with Gasteiger partial charge in [0.15, 0.2) is 0 Å². The summed E-state index contributed by atoms with van der Waals surface area (Å²) >= 11 is 2.32. The van der Waals surface area contributed by atoms with Gasteiger partial charge in [-0.05, 0) is 73.2 Å². The van der Waals surface area contributed by atoms with Gasteiger partial charge < -0.3 is 10.3 Å². The maximum Gasteiger partial charge on any atom is 0.332 e. The molecule has 0 atom stereocenters. The first-order valence-corrected chi connectivity index (χ1v) is 7.52. The first-order chi connectivity index (χ1) is 9.90. The summed E-state index contributed by atoms with van der Waals surface area (Å²) in [5.74, 6) is 0. The average molecular weight is 396 g/mol. The van der Waals surface area contributed by atoms with Gasteiger partial charge in [0.25, 0.3) is 0 Å². The zero-order chi connectivity index (χ0) is 15.6. The van der Waals surface area contributed by atoms with Gasteiger partial charge in [0.1, 0.15) is 0 Å². The molecule has 0 aliphatic rings. The quantitative estimate of drug-likeness (QED) is 0.467. The summed E-state index contributed by atoms with van der Waals surface area (Å²) in [7, 11) is 0. The zero-order valence-electron chi connectivity index (χ0n) is 12.1. The number of aromatic nitrogens is 1. The average Bonchev–Trinajstić information content (AvgIpc) is 2.68. The van der Waals surface area contributed by atoms with Gasteiger partial charge in [-0.3, -0.25) is 0 Å². The minimum Gasteiger partial charge on any atom is -0.350 e. The topological polar surface area (TPSA) is 72.4 Å². The molecule has 0 spiro atoms. The molecular formula is C15H17IN4O. The van der Waals surface area contributed by atoms with Gasteiger partial charge in [0, 0.05) is 26.2 Å². The van der Waals surface area contributed by atoms with Crippen molar-refractivity contribution in [3.8, 4) is 5.69 Å². The van der Waals surface area contributed by atoms with E-state index in [1.165, 1.54) is 9.13 Å². The van der Waals surface area contributed by atoms with E-state index in [0.29, 0.717) is 0 Å². The third-order valence-electron chi connectivity index (χ3n) is 3.25. The molecule has 3 N–H and O–H groups in total. The molecule has 0 bridgehead atoms. The van der Waals surface area contributed by atoms with E-state index in [2.05, 4.69) is 62.8 Å². The second kappa shape index (κ2) is 6.30. The number of amides is 2. The van der Waals surface area contributed by atoms with E-state index < -0.39 is 6.03 Å². The number of urea groups is 1. The molecule has 2 aromatic rings. The number of halogens is 1. The highest BCUT2D eigenvalue weighted by atomic mass is 127. The first-order valence-electron chi connectivity index (χ1n) is 6.44. The van der Waals surface area contributed by atoms with Crippen LogP contribution in [0.4, 0.5) is 4.79 Å². The van der Waals surface area contributed by atoms with Crippen molar-refractivity contribution in [1.82, 2.24) is 9.99 Å². The molecule has 0 saturated heterocycles. The Hall–Kier alpha value is -1.83. The minimum absolute atomic E-state index is 0.673. The fraction of sp³-hybridized carbons (Fsp3) is 0.200. The van der Waals surface area contributed by atoms with E-state index in [1.54, 1.807) is 6.21 Å². The van der Waals surface area contributed by atoms with Crippen LogP contribution >= 0.6 is 22.6 Å². The van der Waals surface area contributed by atoms with Crippen LogP contribution in [0.3, 0.4) is 0 Å². The number of hydrogen-bond donors (Lipinski definition) is 2. The van der Waals surface area contributed by atoms with E-state index in [0.717, 1.165) is 22.6 Å². The highest BCUT2D eigenvalue weighted by Crippen LogP contribution is 2.22. The molecule has 6 heteroatoms. The monoisotopic (exact) mass is 396 g/mol. The third kappa shape index (κ3) is 3.44. The van der Waals surface area contributed by atoms with Gasteiger partial charge in [-0.15, -0.1) is 0 Å². The van der Waals surface area contributed by atoms with E-state index in [-0.39, 0.29) is 0 Å². The third-order valence-corrected chi connectivity index (χ3v) is 4.46. The van der Waals surface area contributed by atoms with Crippen LogP contribution in [-0.4, -0.2) is 16.8 Å². The van der Waals surface area contributed by atoms with Crippen molar-refractivity contribution < 1.29 is 4.79 Å². The predicted octanol–water partition coefficient (Wildman–Crippen LogP) is 3.01. The lowest BCUT2D eigenvalue weighted by Gasteiger charge is -2.11. The van der Waals surface area contributed by atoms with Crippen molar-refractivity contribution in [2.45, 2.75) is 20.8 Å². The molecule has 0 aliphatic carbocycles. The molecule has 0 aliphatic heterocycles. The number of rotatable bonds is 3. The van der Waals surface area contributed by atoms with Crippen molar-refractivity contribution in [3.05, 3.63) is 50.4 Å². The van der Waals surface area contributed by atoms with Crippen LogP contribution in [0.2, 0.25) is 0 Å². The molecule has 0 saturated carbocycles. The SMILES string of the molecule is Cc1cc(-n2c(C)cc(C=NNC(N)=O)c2C)ccc1I. The van der Waals surface area contributed by atoms with E-state index >= 15 is 0 Å². The van der Waals surface area contributed by atoms with Gasteiger partial charge >= 0.3 is 6.03 Å². The van der Waals surface area contributed by atoms with Crippen LogP contribution in [0.1, 0.15) is 22.5 Å². The standard InChI is InChI=1S/C15H17IN4O/c1-9-6-13(4-5-14(9)16)20-10(2)7-12(11(20)3)8-18-19-15(17)21/h4-8H,1-3H3,(H3,17,19,21). The summed E-state index contributed by atoms with van der Waals surface area (Å²) in [6.07, 6.45) is 1.60. The summed E-state index contributed by atoms with van der Waals surface area (Å²) < 4.78 is 3.40. The Morgan fingerprint density at radius 3 is 2.67 bits per heavy atom. The zero-order valence-corrected chi connectivity index (χ0v) is 14.3. The molecule has 1 aromatic carbocycles. The number of nitrogens with two attached hydrogens (primary N) is 1. The van der Waals surface area contributed by atoms with Crippen LogP contribution in [0, 0.1) is 24.3 Å². The lowest BCUT2D eigenvalue weighted by molar-refractivity contribution is 0.249. The molecule has 0 radical (unpaired) electrons. The Labute approximate surface area is 137 Å². The van der Waals surface area contributed by atoms with Gasteiger partial charge in [0.2, 0.25) is 0 Å². The van der Waals surface area contributed by atoms with Gasteiger partial charge in [-0.1, -0.05) is 0 Å². The van der Waals surface area contributed by atoms with Crippen LogP contribution < -0.4 is 11.2 Å². The van der Waals surface area contributed by atoms with Crippen LogP contribution in [0.15, 0.2) is 29.4 Å². The summed E-state index contributed by atoms with van der Waals surface area (Å²) in [4.78, 5) is 10.6. The van der Waals surface area contributed by atoms with Gasteiger partial charge in [-0.25, -0.2) is 10.2 Å². The number of hydrogen-bond acceptors (Lipinski definition) is 2. The lowest BCUT2D eigenvalue weighted by atomic mass is 10.2. The lowest BCUT2D eigenvalue weighted by Crippen LogP contribution is -2.24. The Morgan fingerprint density at radius 2 is 2.05 bits per heavy atom. The molecule has 21 heavy (non-hydrogen) atoms. The Morgan fingerprint density at radius 1 is 1.33 bits per heavy atom. The largest absolute Gasteiger partial charge is 0.350 e. The van der Waals surface area contributed by atoms with Crippen LogP contribution in [-0.2, 0) is 0 Å². The number of carbonyl (C=O) groups excluding carboxylic acids is 1. The van der Waals surface area contributed by atoms with E-state index in [4.69, 9.17) is 5.73 Å². The second-order valence-corrected chi connectivity index (χ2v) is 5.99. The number of aryl methyl sites for hydroxylation is 2. The fourth-order valence-corrected chi connectivity index (χ4v) is 2.58. The molecule has 5 nitrogen and oxygen atoms in total. The molecule has 0 fully saturated rings. The number of hydrazone groups is 1. The molecule has 2 rings (SSSR count). The summed E-state index contributed by atoms with van der Waals surface area (Å²) in [6.45, 7) is 6.16. The fourth-order valence-electron chi connectivity index (χ4n) is 2.25. The minimum atomic E-state index is -0.673. The van der Waals surface area contributed by atoms with Crippen molar-refractivity contribution in [2.75, 3.05) is 0 Å². The summed E-state index contributed by atoms with van der Waals surface area (Å²) in [6, 6.07) is 7.71. The second-order valence-electron chi connectivity index (χ2n) is 4.83. The van der Waals surface area contributed by atoms with Crippen LogP contribution in [0.5, 0.6) is 0 Å². The number of nitrogens with one attached hydrogen (secondary N) is 1. The van der Waals surface area contributed by atoms with Crippen molar-refractivity contribution in [1.29, 1.82) is 0 Å². The highest BCUT2D eigenvalue weighted by Gasteiger charge is 2.10. The maximum absolute atomic E-state index is 10.6. The Balaban J connectivity index is 2.41. The number of carbonyl (C=O) groups is 1. The van der Waals surface area contributed by atoms with Crippen molar-refractivity contribution in [2.24, 2.45) is 10.8 Å². The maximum atomic E-state index is 10.6. The molecule has 2 amide bonds. The molecule has 1 heterocycles. The first kappa shape index (κ1) is 15.6. The smallest absolute Gasteiger partial charge is 0.332 e. The number of nitrogens with zero attached hydrogens (tertiary/aromatic N) is 2. The Kier molecular flexibility index (Phi) is 4.66. The van der Waals surface area contributed by atoms with E-state index in [1.807, 2.05) is 19.9 Å². The molecule has 110 valence electrons. The number of primary amides is 1. The van der Waals surface area contributed by atoms with E-state index in [9.17, 15) is 4.79 Å². The van der Waals surface area contributed by atoms with Crippen molar-refractivity contribution in [3.63, 3.8) is 0 Å². The normalized spacial score (nSPS) is 11.0. The Bertz CT molecular complexity index is 719. The van der Waals surface area contributed by atoms with Crippen molar-refractivity contribution >= 4 is 34.8 Å². The predicted molar refractivity (Wildman–Crippen MR) is 93.0 cm³/mol.